The lowest BCUT2D eigenvalue weighted by Gasteiger charge is -2.34. The smallest absolute Gasteiger partial charge is 0.177 e. The SMILES string of the molecule is O=C(C1CNCC[N]1)C1(Nc2ccccc2)CCCC1. The zero-order valence-electron chi connectivity index (χ0n) is 11.8. The summed E-state index contributed by atoms with van der Waals surface area (Å²) in [4.78, 5) is 12.9. The summed E-state index contributed by atoms with van der Waals surface area (Å²) in [5, 5.41) is 11.3. The number of rotatable bonds is 4. The highest BCUT2D eigenvalue weighted by Gasteiger charge is 2.44. The van der Waals surface area contributed by atoms with E-state index in [2.05, 4.69) is 16.0 Å². The van der Waals surface area contributed by atoms with E-state index in [1.807, 2.05) is 30.3 Å². The van der Waals surface area contributed by atoms with E-state index < -0.39 is 5.54 Å². The van der Waals surface area contributed by atoms with Gasteiger partial charge in [0.2, 0.25) is 0 Å². The summed E-state index contributed by atoms with van der Waals surface area (Å²) < 4.78 is 0. The number of carbonyl (C=O) groups excluding carboxylic acids is 1. The zero-order chi connectivity index (χ0) is 13.8. The van der Waals surface area contributed by atoms with E-state index in [0.29, 0.717) is 6.54 Å². The Hall–Kier alpha value is -1.39. The van der Waals surface area contributed by atoms with Crippen molar-refractivity contribution in [3.05, 3.63) is 30.3 Å². The van der Waals surface area contributed by atoms with Crippen LogP contribution in [0.25, 0.3) is 0 Å². The maximum Gasteiger partial charge on any atom is 0.177 e. The molecule has 1 heterocycles. The van der Waals surface area contributed by atoms with Crippen LogP contribution in [0.1, 0.15) is 25.7 Å². The van der Waals surface area contributed by atoms with Crippen LogP contribution in [0.2, 0.25) is 0 Å². The average molecular weight is 272 g/mol. The van der Waals surface area contributed by atoms with Gasteiger partial charge in [0.25, 0.3) is 0 Å². The molecular weight excluding hydrogens is 250 g/mol. The fraction of sp³-hybridized carbons (Fsp3) is 0.562. The largest absolute Gasteiger partial charge is 0.373 e. The van der Waals surface area contributed by atoms with Crippen molar-refractivity contribution < 1.29 is 4.79 Å². The van der Waals surface area contributed by atoms with Gasteiger partial charge in [0.15, 0.2) is 5.78 Å². The lowest BCUT2D eigenvalue weighted by atomic mass is 9.86. The minimum atomic E-state index is -0.408. The van der Waals surface area contributed by atoms with E-state index >= 15 is 0 Å². The second kappa shape index (κ2) is 5.94. The van der Waals surface area contributed by atoms with E-state index in [9.17, 15) is 4.79 Å². The molecule has 1 aromatic carbocycles. The summed E-state index contributed by atoms with van der Waals surface area (Å²) >= 11 is 0. The topological polar surface area (TPSA) is 55.2 Å². The summed E-state index contributed by atoms with van der Waals surface area (Å²) in [5.41, 5.74) is 0.626. The fourth-order valence-corrected chi connectivity index (χ4v) is 3.31. The van der Waals surface area contributed by atoms with Crippen LogP contribution in [0.15, 0.2) is 30.3 Å². The van der Waals surface area contributed by atoms with E-state index in [-0.39, 0.29) is 11.8 Å². The molecule has 1 atom stereocenters. The maximum absolute atomic E-state index is 12.9. The van der Waals surface area contributed by atoms with Gasteiger partial charge in [-0.25, -0.2) is 5.32 Å². The number of para-hydroxylation sites is 1. The molecule has 4 heteroatoms. The van der Waals surface area contributed by atoms with Crippen molar-refractivity contribution in [1.82, 2.24) is 10.6 Å². The molecule has 3 rings (SSSR count). The summed E-state index contributed by atoms with van der Waals surface area (Å²) in [5.74, 6) is 0.269. The van der Waals surface area contributed by atoms with E-state index in [1.165, 1.54) is 0 Å². The van der Waals surface area contributed by atoms with Crippen LogP contribution in [0.3, 0.4) is 0 Å². The van der Waals surface area contributed by atoms with Gasteiger partial charge in [-0.2, -0.15) is 0 Å². The number of ketones is 1. The summed E-state index contributed by atoms with van der Waals surface area (Å²) in [6.45, 7) is 2.33. The number of Topliss-reactive ketones (excluding diaryl/α,β-unsaturated/α-hetero) is 1. The second-order valence-electron chi connectivity index (χ2n) is 5.77. The first-order chi connectivity index (χ1) is 9.80. The number of hydrogen-bond donors (Lipinski definition) is 2. The number of anilines is 1. The van der Waals surface area contributed by atoms with Crippen molar-refractivity contribution in [3.63, 3.8) is 0 Å². The van der Waals surface area contributed by atoms with Gasteiger partial charge in [-0.3, -0.25) is 4.79 Å². The molecule has 2 fully saturated rings. The molecule has 2 aliphatic rings. The molecule has 0 amide bonds. The number of hydrogen-bond acceptors (Lipinski definition) is 3. The molecule has 0 aromatic heterocycles. The van der Waals surface area contributed by atoms with Crippen LogP contribution in [0.4, 0.5) is 5.69 Å². The van der Waals surface area contributed by atoms with E-state index in [0.717, 1.165) is 44.5 Å². The Labute approximate surface area is 120 Å². The number of nitrogens with zero attached hydrogens (tertiary/aromatic N) is 1. The first kappa shape index (κ1) is 13.6. The molecule has 0 bridgehead atoms. The maximum atomic E-state index is 12.9. The number of benzene rings is 1. The van der Waals surface area contributed by atoms with Gasteiger partial charge in [0.05, 0.1) is 11.6 Å². The van der Waals surface area contributed by atoms with Gasteiger partial charge in [-0.1, -0.05) is 31.0 Å². The van der Waals surface area contributed by atoms with Gasteiger partial charge in [-0.15, -0.1) is 0 Å². The lowest BCUT2D eigenvalue weighted by molar-refractivity contribution is -0.125. The molecule has 2 N–H and O–H groups in total. The van der Waals surface area contributed by atoms with E-state index in [1.54, 1.807) is 0 Å². The monoisotopic (exact) mass is 272 g/mol. The number of nitrogens with one attached hydrogen (secondary N) is 2. The first-order valence-corrected chi connectivity index (χ1v) is 7.55. The summed E-state index contributed by atoms with van der Waals surface area (Å²) in [6, 6.07) is 9.88. The Morgan fingerprint density at radius 3 is 2.65 bits per heavy atom. The molecule has 20 heavy (non-hydrogen) atoms. The normalized spacial score (nSPS) is 25.3. The molecule has 1 aliphatic heterocycles. The molecule has 1 radical (unpaired) electrons. The second-order valence-corrected chi connectivity index (χ2v) is 5.77. The molecular formula is C16H22N3O. The van der Waals surface area contributed by atoms with Crippen molar-refractivity contribution in [2.24, 2.45) is 0 Å². The van der Waals surface area contributed by atoms with Crippen molar-refractivity contribution in [2.45, 2.75) is 37.3 Å². The van der Waals surface area contributed by atoms with Gasteiger partial charge in [0, 0.05) is 25.3 Å². The molecule has 4 nitrogen and oxygen atoms in total. The fourth-order valence-electron chi connectivity index (χ4n) is 3.31. The minimum absolute atomic E-state index is 0.182. The van der Waals surface area contributed by atoms with Crippen molar-refractivity contribution >= 4 is 11.5 Å². The summed E-state index contributed by atoms with van der Waals surface area (Å²) in [7, 11) is 0. The molecule has 1 saturated heterocycles. The molecule has 107 valence electrons. The highest BCUT2D eigenvalue weighted by atomic mass is 16.1. The van der Waals surface area contributed by atoms with Crippen LogP contribution in [-0.2, 0) is 4.79 Å². The van der Waals surface area contributed by atoms with Gasteiger partial charge < -0.3 is 10.6 Å². The van der Waals surface area contributed by atoms with Gasteiger partial charge in [0.1, 0.15) is 0 Å². The quantitative estimate of drug-likeness (QED) is 0.874. The third kappa shape index (κ3) is 2.72. The molecule has 1 unspecified atom stereocenters. The van der Waals surface area contributed by atoms with Crippen LogP contribution < -0.4 is 16.0 Å². The predicted molar refractivity (Wildman–Crippen MR) is 79.9 cm³/mol. The molecule has 0 spiro atoms. The van der Waals surface area contributed by atoms with E-state index in [4.69, 9.17) is 0 Å². The molecule has 1 saturated carbocycles. The third-order valence-electron chi connectivity index (χ3n) is 4.36. The Bertz CT molecular complexity index is 448. The number of carbonyl (C=O) groups is 1. The predicted octanol–water partition coefficient (Wildman–Crippen LogP) is 1.56. The standard InChI is InChI=1S/C16H22N3O/c20-15(14-12-17-10-11-18-14)16(8-4-5-9-16)19-13-6-2-1-3-7-13/h1-3,6-7,14,17,19H,4-5,8-12H2. The van der Waals surface area contributed by atoms with Crippen molar-refractivity contribution in [3.8, 4) is 0 Å². The first-order valence-electron chi connectivity index (χ1n) is 7.55. The Morgan fingerprint density at radius 1 is 1.25 bits per heavy atom. The molecule has 1 aromatic rings. The molecule has 1 aliphatic carbocycles. The Kier molecular flexibility index (Phi) is 4.03. The van der Waals surface area contributed by atoms with Crippen LogP contribution in [-0.4, -0.2) is 37.0 Å². The average Bonchev–Trinajstić information content (AvgIpc) is 2.98. The Morgan fingerprint density at radius 2 is 2.00 bits per heavy atom. The highest BCUT2D eigenvalue weighted by molar-refractivity contribution is 5.96. The van der Waals surface area contributed by atoms with Crippen LogP contribution in [0, 0.1) is 0 Å². The van der Waals surface area contributed by atoms with Crippen molar-refractivity contribution in [1.29, 1.82) is 0 Å². The minimum Gasteiger partial charge on any atom is -0.373 e. The summed E-state index contributed by atoms with van der Waals surface area (Å²) in [6.07, 6.45) is 4.08. The van der Waals surface area contributed by atoms with Gasteiger partial charge in [-0.05, 0) is 25.0 Å². The van der Waals surface area contributed by atoms with Crippen LogP contribution in [0.5, 0.6) is 0 Å². The third-order valence-corrected chi connectivity index (χ3v) is 4.36. The van der Waals surface area contributed by atoms with Crippen molar-refractivity contribution in [2.75, 3.05) is 25.0 Å². The highest BCUT2D eigenvalue weighted by Crippen LogP contribution is 2.35. The lowest BCUT2D eigenvalue weighted by Crippen LogP contribution is -2.57. The number of piperazine rings is 1. The van der Waals surface area contributed by atoms with Gasteiger partial charge >= 0.3 is 0 Å². The Balaban J connectivity index is 1.78. The zero-order valence-corrected chi connectivity index (χ0v) is 11.8. The van der Waals surface area contributed by atoms with Crippen LogP contribution >= 0.6 is 0 Å².